The maximum absolute atomic E-state index is 11.8. The summed E-state index contributed by atoms with van der Waals surface area (Å²) in [7, 11) is 0. The highest BCUT2D eigenvalue weighted by atomic mass is 127. The van der Waals surface area contributed by atoms with Crippen molar-refractivity contribution in [2.75, 3.05) is 31.1 Å². The largest absolute Gasteiger partial charge is 0.367 e. The van der Waals surface area contributed by atoms with Crippen LogP contribution in [0.25, 0.3) is 0 Å². The zero-order valence-corrected chi connectivity index (χ0v) is 14.3. The summed E-state index contributed by atoms with van der Waals surface area (Å²) in [5.74, 6) is -0.179. The van der Waals surface area contributed by atoms with Gasteiger partial charge in [-0.3, -0.25) is 4.98 Å². The molecule has 0 N–H and O–H groups in total. The van der Waals surface area contributed by atoms with Crippen LogP contribution in [0.4, 0.5) is 5.69 Å². The summed E-state index contributed by atoms with van der Waals surface area (Å²) >= 11 is 2.26. The van der Waals surface area contributed by atoms with Crippen molar-refractivity contribution in [2.45, 2.75) is 20.8 Å². The van der Waals surface area contributed by atoms with Crippen molar-refractivity contribution in [3.8, 4) is 0 Å². The number of hydrogen-bond donors (Lipinski definition) is 0. The van der Waals surface area contributed by atoms with Gasteiger partial charge < -0.3 is 9.74 Å². The molecule has 1 aromatic heterocycles. The normalized spacial score (nSPS) is 17.1. The van der Waals surface area contributed by atoms with Crippen molar-refractivity contribution in [1.29, 1.82) is 0 Å². The molecule has 2 heterocycles. The SMILES string of the molecule is CC(C)(C)C(=O)ON1CCN(c2cncc(I)c2)CC1. The van der Waals surface area contributed by atoms with Crippen molar-refractivity contribution in [3.63, 3.8) is 0 Å². The van der Waals surface area contributed by atoms with Gasteiger partial charge in [0.2, 0.25) is 0 Å². The highest BCUT2D eigenvalue weighted by Gasteiger charge is 2.27. The van der Waals surface area contributed by atoms with Gasteiger partial charge in [-0.25, -0.2) is 4.79 Å². The molecule has 0 radical (unpaired) electrons. The maximum Gasteiger partial charge on any atom is 0.330 e. The monoisotopic (exact) mass is 389 g/mol. The summed E-state index contributed by atoms with van der Waals surface area (Å²) < 4.78 is 1.13. The lowest BCUT2D eigenvalue weighted by Crippen LogP contribution is -2.48. The van der Waals surface area contributed by atoms with Gasteiger partial charge in [-0.15, -0.1) is 5.06 Å². The molecule has 0 spiro atoms. The van der Waals surface area contributed by atoms with Crippen LogP contribution >= 0.6 is 22.6 Å². The predicted octanol–water partition coefficient (Wildman–Crippen LogP) is 2.31. The number of halogens is 1. The van der Waals surface area contributed by atoms with Gasteiger partial charge >= 0.3 is 5.97 Å². The lowest BCUT2D eigenvalue weighted by molar-refractivity contribution is -0.201. The number of aromatic nitrogens is 1. The number of carbonyl (C=O) groups excluding carboxylic acids is 1. The second-order valence-electron chi connectivity index (χ2n) is 5.91. The lowest BCUT2D eigenvalue weighted by Gasteiger charge is -2.35. The molecule has 0 amide bonds. The Morgan fingerprint density at radius 3 is 2.45 bits per heavy atom. The molecule has 20 heavy (non-hydrogen) atoms. The Morgan fingerprint density at radius 1 is 1.25 bits per heavy atom. The third-order valence-corrected chi connectivity index (χ3v) is 3.71. The van der Waals surface area contributed by atoms with Crippen LogP contribution in [0.15, 0.2) is 18.5 Å². The molecule has 1 aromatic rings. The van der Waals surface area contributed by atoms with Crippen LogP contribution in [-0.2, 0) is 9.63 Å². The van der Waals surface area contributed by atoms with Gasteiger partial charge in [0.25, 0.3) is 0 Å². The number of hydrogen-bond acceptors (Lipinski definition) is 5. The summed E-state index contributed by atoms with van der Waals surface area (Å²) in [5.41, 5.74) is 0.662. The molecule has 110 valence electrons. The second kappa shape index (κ2) is 6.26. The molecule has 0 bridgehead atoms. The van der Waals surface area contributed by atoms with Crippen LogP contribution < -0.4 is 4.90 Å². The summed E-state index contributed by atoms with van der Waals surface area (Å²) in [6, 6.07) is 2.12. The summed E-state index contributed by atoms with van der Waals surface area (Å²) in [4.78, 5) is 23.7. The highest BCUT2D eigenvalue weighted by Crippen LogP contribution is 2.20. The van der Waals surface area contributed by atoms with Crippen LogP contribution in [0.3, 0.4) is 0 Å². The molecule has 1 saturated heterocycles. The molecule has 6 heteroatoms. The number of nitrogens with zero attached hydrogens (tertiary/aromatic N) is 3. The van der Waals surface area contributed by atoms with E-state index in [-0.39, 0.29) is 5.97 Å². The van der Waals surface area contributed by atoms with E-state index < -0.39 is 5.41 Å². The van der Waals surface area contributed by atoms with E-state index >= 15 is 0 Å². The Hall–Kier alpha value is -0.890. The van der Waals surface area contributed by atoms with E-state index in [9.17, 15) is 4.79 Å². The number of piperazine rings is 1. The predicted molar refractivity (Wildman–Crippen MR) is 86.3 cm³/mol. The molecule has 0 atom stereocenters. The Labute approximate surface area is 133 Å². The van der Waals surface area contributed by atoms with Crippen molar-refractivity contribution in [2.24, 2.45) is 5.41 Å². The van der Waals surface area contributed by atoms with Gasteiger partial charge in [-0.1, -0.05) is 0 Å². The summed E-state index contributed by atoms with van der Waals surface area (Å²) in [5, 5.41) is 1.76. The molecule has 2 rings (SSSR count). The smallest absolute Gasteiger partial charge is 0.330 e. The van der Waals surface area contributed by atoms with Gasteiger partial charge in [0.05, 0.1) is 30.4 Å². The molecule has 5 nitrogen and oxygen atoms in total. The van der Waals surface area contributed by atoms with Crippen molar-refractivity contribution in [1.82, 2.24) is 10.0 Å². The molecule has 0 saturated carbocycles. The quantitative estimate of drug-likeness (QED) is 0.727. The minimum absolute atomic E-state index is 0.179. The Balaban J connectivity index is 1.88. The van der Waals surface area contributed by atoms with E-state index in [0.717, 1.165) is 22.3 Å². The van der Waals surface area contributed by atoms with Crippen LogP contribution in [0, 0.1) is 8.99 Å². The number of hydroxylamine groups is 2. The van der Waals surface area contributed by atoms with E-state index in [1.54, 1.807) is 5.06 Å². The first kappa shape index (κ1) is 15.5. The lowest BCUT2D eigenvalue weighted by atomic mass is 9.98. The standard InChI is InChI=1S/C14H20IN3O2/c1-14(2,3)13(19)20-18-6-4-17(5-7-18)12-8-11(15)9-16-10-12/h8-10H,4-7H2,1-3H3. The van der Waals surface area contributed by atoms with E-state index in [0.29, 0.717) is 13.1 Å². The van der Waals surface area contributed by atoms with E-state index in [2.05, 4.69) is 38.5 Å². The van der Waals surface area contributed by atoms with Gasteiger partial charge in [-0.05, 0) is 49.4 Å². The van der Waals surface area contributed by atoms with Gasteiger partial charge in [0.15, 0.2) is 0 Å². The molecular weight excluding hydrogens is 369 g/mol. The minimum Gasteiger partial charge on any atom is -0.367 e. The van der Waals surface area contributed by atoms with E-state index in [4.69, 9.17) is 4.84 Å². The third kappa shape index (κ3) is 4.05. The van der Waals surface area contributed by atoms with Crippen LogP contribution in [0.5, 0.6) is 0 Å². The zero-order chi connectivity index (χ0) is 14.8. The zero-order valence-electron chi connectivity index (χ0n) is 12.1. The Morgan fingerprint density at radius 2 is 1.90 bits per heavy atom. The molecular formula is C14H20IN3O2. The van der Waals surface area contributed by atoms with Crippen molar-refractivity contribution < 1.29 is 9.63 Å². The first-order valence-corrected chi connectivity index (χ1v) is 7.77. The van der Waals surface area contributed by atoms with Crippen molar-refractivity contribution >= 4 is 34.2 Å². The van der Waals surface area contributed by atoms with Crippen molar-refractivity contribution in [3.05, 3.63) is 22.0 Å². The maximum atomic E-state index is 11.8. The van der Waals surface area contributed by atoms with Crippen LogP contribution in [0.1, 0.15) is 20.8 Å². The average Bonchev–Trinajstić information content (AvgIpc) is 2.38. The number of rotatable bonds is 2. The number of anilines is 1. The van der Waals surface area contributed by atoms with Crippen LogP contribution in [-0.4, -0.2) is 42.2 Å². The average molecular weight is 389 g/mol. The fraction of sp³-hybridized carbons (Fsp3) is 0.571. The molecule has 0 unspecified atom stereocenters. The van der Waals surface area contributed by atoms with Gasteiger partial charge in [0, 0.05) is 22.9 Å². The fourth-order valence-electron chi connectivity index (χ4n) is 1.87. The molecule has 1 fully saturated rings. The first-order valence-electron chi connectivity index (χ1n) is 6.69. The van der Waals surface area contributed by atoms with E-state index in [1.807, 2.05) is 33.2 Å². The number of pyridine rings is 1. The molecule has 1 aliphatic heterocycles. The van der Waals surface area contributed by atoms with Gasteiger partial charge in [-0.2, -0.15) is 0 Å². The minimum atomic E-state index is -0.462. The number of carbonyl (C=O) groups is 1. The highest BCUT2D eigenvalue weighted by molar-refractivity contribution is 14.1. The fourth-order valence-corrected chi connectivity index (χ4v) is 2.35. The van der Waals surface area contributed by atoms with Crippen LogP contribution in [0.2, 0.25) is 0 Å². The Kier molecular flexibility index (Phi) is 4.85. The first-order chi connectivity index (χ1) is 9.36. The summed E-state index contributed by atoms with van der Waals surface area (Å²) in [6.45, 7) is 8.69. The second-order valence-corrected chi connectivity index (χ2v) is 7.15. The van der Waals surface area contributed by atoms with E-state index in [1.165, 1.54) is 0 Å². The molecule has 0 aliphatic carbocycles. The van der Waals surface area contributed by atoms with Gasteiger partial charge in [0.1, 0.15) is 0 Å². The molecule has 1 aliphatic rings. The Bertz CT molecular complexity index is 480. The third-order valence-electron chi connectivity index (χ3n) is 3.12. The summed E-state index contributed by atoms with van der Waals surface area (Å²) in [6.07, 6.45) is 3.71. The molecule has 0 aromatic carbocycles. The topological polar surface area (TPSA) is 45.7 Å².